The van der Waals surface area contributed by atoms with Gasteiger partial charge in [0.1, 0.15) is 6.73 Å². The molecule has 2 N–H and O–H groups in total. The zero-order valence-corrected chi connectivity index (χ0v) is 27.7. The first-order valence-electron chi connectivity index (χ1n) is 15.3. The number of methoxy groups -OCH3 is 1. The number of carbonyl (C=O) groups excluding carboxylic acids is 2. The van der Waals surface area contributed by atoms with E-state index in [0.29, 0.717) is 44.5 Å². The largest absolute Gasteiger partial charge is 0.481 e. The second-order valence-corrected chi connectivity index (χ2v) is 19.8. The molecule has 2 aliphatic rings. The predicted octanol–water partition coefficient (Wildman–Crippen LogP) is 4.85. The van der Waals surface area contributed by atoms with E-state index in [4.69, 9.17) is 9.47 Å². The number of hydrogen-bond acceptors (Lipinski definition) is 7. The lowest BCUT2D eigenvalue weighted by Gasteiger charge is -2.45. The molecule has 43 heavy (non-hydrogen) atoms. The number of amides is 2. The van der Waals surface area contributed by atoms with Crippen molar-refractivity contribution in [1.82, 2.24) is 25.0 Å². The van der Waals surface area contributed by atoms with E-state index in [1.165, 1.54) is 17.9 Å². The van der Waals surface area contributed by atoms with Crippen LogP contribution in [0.5, 0.6) is 5.88 Å². The molecule has 0 spiro atoms. The van der Waals surface area contributed by atoms with E-state index in [9.17, 15) is 19.1 Å². The molecule has 2 aromatic rings. The van der Waals surface area contributed by atoms with Gasteiger partial charge >= 0.3 is 0 Å². The summed E-state index contributed by atoms with van der Waals surface area (Å²) in [5.74, 6) is -0.793. The minimum Gasteiger partial charge on any atom is -0.481 e. The normalized spacial score (nSPS) is 24.1. The van der Waals surface area contributed by atoms with Gasteiger partial charge in [-0.05, 0) is 71.4 Å². The molecule has 1 unspecified atom stereocenters. The van der Waals surface area contributed by atoms with Crippen LogP contribution in [0.4, 0.5) is 4.39 Å². The Morgan fingerprint density at radius 1 is 1.16 bits per heavy atom. The third-order valence-electron chi connectivity index (χ3n) is 8.73. The summed E-state index contributed by atoms with van der Waals surface area (Å²) >= 11 is 0. The Morgan fingerprint density at radius 3 is 2.49 bits per heavy atom. The number of ether oxygens (including phenoxy) is 2. The summed E-state index contributed by atoms with van der Waals surface area (Å²) in [6.07, 6.45) is 5.00. The van der Waals surface area contributed by atoms with E-state index in [1.54, 1.807) is 11.0 Å². The van der Waals surface area contributed by atoms with Crippen molar-refractivity contribution in [1.29, 1.82) is 0 Å². The lowest BCUT2D eigenvalue weighted by molar-refractivity contribution is -0.129. The molecule has 0 bridgehead atoms. The number of likely N-dealkylation sites (tertiary alicyclic amines) is 1. The fraction of sp³-hybridized carbons (Fsp3) is 0.677. The summed E-state index contributed by atoms with van der Waals surface area (Å²) in [5.41, 5.74) is -0.462. The highest BCUT2D eigenvalue weighted by Crippen LogP contribution is 2.35. The number of aliphatic hydroxyl groups is 1. The quantitative estimate of drug-likeness (QED) is 0.289. The maximum Gasteiger partial charge on any atom is 0.274 e. The van der Waals surface area contributed by atoms with Crippen LogP contribution in [0.1, 0.15) is 69.8 Å². The average molecular weight is 618 g/mol. The summed E-state index contributed by atoms with van der Waals surface area (Å²) in [6.45, 7) is 13.6. The topological polar surface area (TPSA) is 119 Å². The Hall–Kier alpha value is -2.83. The van der Waals surface area contributed by atoms with Crippen molar-refractivity contribution in [2.24, 2.45) is 5.92 Å². The smallest absolute Gasteiger partial charge is 0.274 e. The van der Waals surface area contributed by atoms with Crippen LogP contribution >= 0.6 is 0 Å². The number of halogens is 1. The van der Waals surface area contributed by atoms with E-state index < -0.39 is 25.0 Å². The zero-order chi connectivity index (χ0) is 31.6. The highest BCUT2D eigenvalue weighted by Gasteiger charge is 2.42. The molecule has 238 valence electrons. The van der Waals surface area contributed by atoms with E-state index in [2.05, 4.69) is 35.0 Å². The third kappa shape index (κ3) is 8.42. The van der Waals surface area contributed by atoms with Gasteiger partial charge in [0.2, 0.25) is 11.8 Å². The summed E-state index contributed by atoms with van der Waals surface area (Å²) in [7, 11) is 0.143. The Bertz CT molecular complexity index is 1300. The third-order valence-corrected chi connectivity index (χ3v) is 10.4. The molecule has 1 aliphatic carbocycles. The fourth-order valence-electron chi connectivity index (χ4n) is 5.94. The minimum atomic E-state index is -1.32. The molecule has 1 saturated carbocycles. The molecule has 1 atom stereocenters. The standard InChI is InChI=1S/C31H48FN5O5Si/c1-30(2)18-21(28(38)34-22-8-11-31(3,40)12-9-22)10-13-36(30)29(39)25-17-26(23-16-27(41-4)33-19-24(23)32)37(35-25)20-42-14-15-43(5,6)7/h16-17,19,21-22,40H,8-15,18,20H2,1-7H3,(H,34,38)/t21?,22-,31-. The monoisotopic (exact) mass is 617 g/mol. The summed E-state index contributed by atoms with van der Waals surface area (Å²) in [5, 5.41) is 18.0. The van der Waals surface area contributed by atoms with E-state index in [-0.39, 0.29) is 47.6 Å². The lowest BCUT2D eigenvalue weighted by Crippen LogP contribution is -2.55. The molecule has 2 amide bonds. The highest BCUT2D eigenvalue weighted by atomic mass is 28.3. The lowest BCUT2D eigenvalue weighted by atomic mass is 9.80. The van der Waals surface area contributed by atoms with Crippen LogP contribution in [-0.2, 0) is 16.3 Å². The van der Waals surface area contributed by atoms with E-state index in [1.807, 2.05) is 20.8 Å². The molecule has 0 aromatic carbocycles. The van der Waals surface area contributed by atoms with Crippen molar-refractivity contribution < 1.29 is 28.6 Å². The van der Waals surface area contributed by atoms with Crippen molar-refractivity contribution in [2.45, 2.75) is 109 Å². The Balaban J connectivity index is 1.50. The minimum absolute atomic E-state index is 0.0101. The van der Waals surface area contributed by atoms with Gasteiger partial charge in [0.05, 0.1) is 24.6 Å². The van der Waals surface area contributed by atoms with Crippen molar-refractivity contribution in [3.8, 4) is 17.1 Å². The van der Waals surface area contributed by atoms with Gasteiger partial charge < -0.3 is 24.8 Å². The van der Waals surface area contributed by atoms with Gasteiger partial charge in [0, 0.05) is 50.4 Å². The van der Waals surface area contributed by atoms with Crippen LogP contribution in [-0.4, -0.2) is 82.1 Å². The summed E-state index contributed by atoms with van der Waals surface area (Å²) in [4.78, 5) is 32.8. The van der Waals surface area contributed by atoms with Crippen molar-refractivity contribution in [3.63, 3.8) is 0 Å². The number of aromatic nitrogens is 3. The van der Waals surface area contributed by atoms with Crippen LogP contribution in [0, 0.1) is 11.7 Å². The first kappa shape index (κ1) is 33.1. The Labute approximate surface area is 255 Å². The number of rotatable bonds is 10. The second-order valence-electron chi connectivity index (χ2n) is 14.2. The first-order valence-corrected chi connectivity index (χ1v) is 19.0. The van der Waals surface area contributed by atoms with Crippen molar-refractivity contribution in [3.05, 3.63) is 29.8 Å². The molecule has 2 fully saturated rings. The molecule has 1 aliphatic heterocycles. The van der Waals surface area contributed by atoms with Crippen molar-refractivity contribution in [2.75, 3.05) is 20.3 Å². The highest BCUT2D eigenvalue weighted by molar-refractivity contribution is 6.76. The van der Waals surface area contributed by atoms with Crippen LogP contribution in [0.3, 0.4) is 0 Å². The second kappa shape index (κ2) is 13.0. The molecule has 10 nitrogen and oxygen atoms in total. The molecule has 3 heterocycles. The fourth-order valence-corrected chi connectivity index (χ4v) is 6.69. The van der Waals surface area contributed by atoms with Crippen LogP contribution in [0.25, 0.3) is 11.3 Å². The zero-order valence-electron chi connectivity index (χ0n) is 26.7. The average Bonchev–Trinajstić information content (AvgIpc) is 3.35. The molecule has 12 heteroatoms. The Kier molecular flexibility index (Phi) is 10.0. The van der Waals surface area contributed by atoms with Crippen LogP contribution in [0.2, 0.25) is 25.7 Å². The van der Waals surface area contributed by atoms with Crippen LogP contribution < -0.4 is 10.1 Å². The molecule has 2 aromatic heterocycles. The van der Waals surface area contributed by atoms with Gasteiger partial charge in [-0.1, -0.05) is 19.6 Å². The predicted molar refractivity (Wildman–Crippen MR) is 165 cm³/mol. The van der Waals surface area contributed by atoms with E-state index in [0.717, 1.165) is 25.1 Å². The maximum atomic E-state index is 15.0. The number of piperidine rings is 1. The number of hydrogen-bond donors (Lipinski definition) is 2. The van der Waals surface area contributed by atoms with Gasteiger partial charge in [-0.25, -0.2) is 14.1 Å². The summed E-state index contributed by atoms with van der Waals surface area (Å²) in [6, 6.07) is 4.11. The molecular weight excluding hydrogens is 569 g/mol. The maximum absolute atomic E-state index is 15.0. The summed E-state index contributed by atoms with van der Waals surface area (Å²) < 4.78 is 27.7. The van der Waals surface area contributed by atoms with Gasteiger partial charge in [0.15, 0.2) is 11.5 Å². The first-order chi connectivity index (χ1) is 20.1. The SMILES string of the molecule is COc1cc(-c2cc(C(=O)N3CCC(C(=O)N[C@H]4CC[C@](C)(O)CC4)CC3(C)C)nn2COCC[Si](C)(C)C)c(F)cn1. The number of carbonyl (C=O) groups is 2. The van der Waals surface area contributed by atoms with Gasteiger partial charge in [0.25, 0.3) is 5.91 Å². The number of nitrogens with zero attached hydrogens (tertiary/aromatic N) is 4. The van der Waals surface area contributed by atoms with Gasteiger partial charge in [-0.3, -0.25) is 9.59 Å². The van der Waals surface area contributed by atoms with E-state index >= 15 is 0 Å². The molecule has 1 saturated heterocycles. The molecule has 0 radical (unpaired) electrons. The van der Waals surface area contributed by atoms with Crippen molar-refractivity contribution >= 4 is 19.9 Å². The number of nitrogens with one attached hydrogen (secondary N) is 1. The van der Waals surface area contributed by atoms with Gasteiger partial charge in [-0.15, -0.1) is 0 Å². The molecular formula is C31H48FN5O5Si. The Morgan fingerprint density at radius 2 is 1.86 bits per heavy atom. The molecule has 4 rings (SSSR count). The van der Waals surface area contributed by atoms with Gasteiger partial charge in [-0.2, -0.15) is 5.10 Å². The number of pyridine rings is 1. The van der Waals surface area contributed by atoms with Crippen LogP contribution in [0.15, 0.2) is 18.3 Å².